The van der Waals surface area contributed by atoms with Gasteiger partial charge >= 0.3 is 24.1 Å². The van der Waals surface area contributed by atoms with Crippen LogP contribution in [-0.4, -0.2) is 47.3 Å². The quantitative estimate of drug-likeness (QED) is 0.406. The number of carbonyl (C=O) groups is 4. The zero-order chi connectivity index (χ0) is 29.6. The Morgan fingerprint density at radius 2 is 1.23 bits per heavy atom. The number of alkyl carbamates (subject to hydrolysis) is 1. The number of esters is 1. The normalized spacial score (nSPS) is 12.6. The highest BCUT2D eigenvalue weighted by atomic mass is 19.4. The maximum absolute atomic E-state index is 13.1. The molecule has 0 fully saturated rings. The van der Waals surface area contributed by atoms with E-state index in [1.165, 1.54) is 48.5 Å². The maximum Gasteiger partial charge on any atom is 0.471 e. The van der Waals surface area contributed by atoms with E-state index < -0.39 is 47.3 Å². The first-order valence-electron chi connectivity index (χ1n) is 11.9. The largest absolute Gasteiger partial charge is 0.471 e. The minimum Gasteiger partial charge on any atom is -0.456 e. The van der Waals surface area contributed by atoms with Crippen molar-refractivity contribution in [2.75, 3.05) is 10.6 Å². The molecular formula is C27H32F3N3O6. The number of alkyl halides is 3. The number of benzene rings is 2. The average Bonchev–Trinajstić information content (AvgIpc) is 2.77. The lowest BCUT2D eigenvalue weighted by atomic mass is 10.0. The van der Waals surface area contributed by atoms with Crippen molar-refractivity contribution in [3.63, 3.8) is 0 Å². The first kappa shape index (κ1) is 31.1. The molecule has 1 atom stereocenters. The Bertz CT molecular complexity index is 1180. The Labute approximate surface area is 224 Å². The van der Waals surface area contributed by atoms with E-state index in [0.717, 1.165) is 0 Å². The summed E-state index contributed by atoms with van der Waals surface area (Å²) in [5, 5.41) is 6.89. The number of halogens is 3. The van der Waals surface area contributed by atoms with Crippen molar-refractivity contribution in [2.24, 2.45) is 0 Å². The second-order valence-electron chi connectivity index (χ2n) is 10.6. The molecule has 0 spiro atoms. The van der Waals surface area contributed by atoms with Gasteiger partial charge in [0.1, 0.15) is 17.2 Å². The van der Waals surface area contributed by atoms with Crippen LogP contribution >= 0.6 is 0 Å². The molecule has 0 aliphatic carbocycles. The Hall–Kier alpha value is -4.09. The highest BCUT2D eigenvalue weighted by Crippen LogP contribution is 2.20. The van der Waals surface area contributed by atoms with Gasteiger partial charge in [-0.1, -0.05) is 12.1 Å². The molecule has 0 bridgehead atoms. The molecule has 0 aromatic heterocycles. The summed E-state index contributed by atoms with van der Waals surface area (Å²) in [6.07, 6.45) is -5.93. The fourth-order valence-electron chi connectivity index (χ4n) is 3.08. The van der Waals surface area contributed by atoms with Crippen molar-refractivity contribution in [3.05, 3.63) is 59.7 Å². The third-order valence-electron chi connectivity index (χ3n) is 4.70. The molecule has 2 aromatic rings. The van der Waals surface area contributed by atoms with E-state index in [0.29, 0.717) is 11.3 Å². The summed E-state index contributed by atoms with van der Waals surface area (Å²) in [6.45, 7) is 10.2. The van der Waals surface area contributed by atoms with E-state index in [1.807, 2.05) is 0 Å². The Morgan fingerprint density at radius 1 is 0.744 bits per heavy atom. The summed E-state index contributed by atoms with van der Waals surface area (Å²) in [5.74, 6) is -3.25. The summed E-state index contributed by atoms with van der Waals surface area (Å²) in [5.41, 5.74) is -0.491. The lowest BCUT2D eigenvalue weighted by Gasteiger charge is -2.23. The summed E-state index contributed by atoms with van der Waals surface area (Å²) in [7, 11) is 0. The number of rotatable bonds is 7. The molecule has 39 heavy (non-hydrogen) atoms. The highest BCUT2D eigenvalue weighted by molar-refractivity contribution is 5.98. The standard InChI is InChI=1S/C27H32F3N3O6/c1-25(2,3)38-22(35)17-9-13-18(14-10-17)31-21(34)20(33-24(37)39-26(4,5)6)15-16-7-11-19(12-8-16)32-23(36)27(28,29)30/h7-14,20H,15H2,1-6H3,(H,31,34)(H,32,36)(H,33,37)/t20-/m0/s1. The topological polar surface area (TPSA) is 123 Å². The van der Waals surface area contributed by atoms with Crippen LogP contribution in [-0.2, 0) is 25.5 Å². The first-order chi connectivity index (χ1) is 17.8. The fraction of sp³-hybridized carbons (Fsp3) is 0.407. The van der Waals surface area contributed by atoms with Gasteiger partial charge < -0.3 is 25.4 Å². The van der Waals surface area contributed by atoms with Gasteiger partial charge in [0.15, 0.2) is 0 Å². The first-order valence-corrected chi connectivity index (χ1v) is 11.9. The van der Waals surface area contributed by atoms with Gasteiger partial charge in [-0.15, -0.1) is 0 Å². The van der Waals surface area contributed by atoms with Crippen molar-refractivity contribution < 1.29 is 41.8 Å². The van der Waals surface area contributed by atoms with Gasteiger partial charge in [0.05, 0.1) is 5.56 Å². The summed E-state index contributed by atoms with van der Waals surface area (Å²) in [6, 6.07) is 10.1. The molecule has 0 saturated heterocycles. The van der Waals surface area contributed by atoms with Crippen LogP contribution in [0.2, 0.25) is 0 Å². The molecule has 3 N–H and O–H groups in total. The van der Waals surface area contributed by atoms with Crippen molar-refractivity contribution in [2.45, 2.75) is 71.4 Å². The number of anilines is 2. The van der Waals surface area contributed by atoms with Gasteiger partial charge in [-0.3, -0.25) is 9.59 Å². The molecule has 0 aliphatic heterocycles. The van der Waals surface area contributed by atoms with Crippen molar-refractivity contribution in [1.29, 1.82) is 0 Å². The zero-order valence-electron chi connectivity index (χ0n) is 22.5. The number of carbonyl (C=O) groups excluding carboxylic acids is 4. The van der Waals surface area contributed by atoms with Gasteiger partial charge in [0.25, 0.3) is 0 Å². The van der Waals surface area contributed by atoms with E-state index in [1.54, 1.807) is 46.9 Å². The SMILES string of the molecule is CC(C)(C)OC(=O)N[C@@H](Cc1ccc(NC(=O)C(F)(F)F)cc1)C(=O)Nc1ccc(C(=O)OC(C)(C)C)cc1. The smallest absolute Gasteiger partial charge is 0.456 e. The third-order valence-corrected chi connectivity index (χ3v) is 4.70. The monoisotopic (exact) mass is 551 g/mol. The molecule has 0 saturated carbocycles. The van der Waals surface area contributed by atoms with E-state index >= 15 is 0 Å². The molecule has 0 aliphatic rings. The Morgan fingerprint density at radius 3 is 1.72 bits per heavy atom. The summed E-state index contributed by atoms with van der Waals surface area (Å²) in [4.78, 5) is 48.9. The molecule has 212 valence electrons. The van der Waals surface area contributed by atoms with Gasteiger partial charge in [-0.2, -0.15) is 13.2 Å². The number of amides is 3. The van der Waals surface area contributed by atoms with E-state index in [9.17, 15) is 32.3 Å². The van der Waals surface area contributed by atoms with Crippen molar-refractivity contribution in [1.82, 2.24) is 5.32 Å². The van der Waals surface area contributed by atoms with Gasteiger partial charge in [0, 0.05) is 17.8 Å². The molecule has 0 heterocycles. The molecule has 9 nitrogen and oxygen atoms in total. The highest BCUT2D eigenvalue weighted by Gasteiger charge is 2.38. The average molecular weight is 552 g/mol. The number of hydrogen-bond acceptors (Lipinski definition) is 6. The molecule has 0 unspecified atom stereocenters. The van der Waals surface area contributed by atoms with Gasteiger partial charge in [0.2, 0.25) is 5.91 Å². The van der Waals surface area contributed by atoms with Crippen LogP contribution in [0.5, 0.6) is 0 Å². The number of nitrogens with one attached hydrogen (secondary N) is 3. The van der Waals surface area contributed by atoms with E-state index in [4.69, 9.17) is 9.47 Å². The van der Waals surface area contributed by atoms with Crippen LogP contribution < -0.4 is 16.0 Å². The summed E-state index contributed by atoms with van der Waals surface area (Å²) >= 11 is 0. The van der Waals surface area contributed by atoms with E-state index in [2.05, 4.69) is 10.6 Å². The predicted molar refractivity (Wildman–Crippen MR) is 138 cm³/mol. The second-order valence-corrected chi connectivity index (χ2v) is 10.6. The lowest BCUT2D eigenvalue weighted by molar-refractivity contribution is -0.167. The van der Waals surface area contributed by atoms with Crippen LogP contribution in [0, 0.1) is 0 Å². The second kappa shape index (κ2) is 12.2. The predicted octanol–water partition coefficient (Wildman–Crippen LogP) is 5.22. The minimum absolute atomic E-state index is 0.0471. The zero-order valence-corrected chi connectivity index (χ0v) is 22.5. The fourth-order valence-corrected chi connectivity index (χ4v) is 3.08. The summed E-state index contributed by atoms with van der Waals surface area (Å²) < 4.78 is 48.0. The molecule has 2 rings (SSSR count). The van der Waals surface area contributed by atoms with Crippen LogP contribution in [0.1, 0.15) is 57.5 Å². The van der Waals surface area contributed by atoms with Gasteiger partial charge in [-0.25, -0.2) is 9.59 Å². The molecular weight excluding hydrogens is 519 g/mol. The van der Waals surface area contributed by atoms with Gasteiger partial charge in [-0.05, 0) is 83.5 Å². The maximum atomic E-state index is 13.1. The minimum atomic E-state index is -5.04. The van der Waals surface area contributed by atoms with E-state index in [-0.39, 0.29) is 17.7 Å². The number of ether oxygens (including phenoxy) is 2. The van der Waals surface area contributed by atoms with Crippen LogP contribution in [0.4, 0.5) is 29.3 Å². The van der Waals surface area contributed by atoms with Crippen molar-refractivity contribution >= 4 is 35.3 Å². The van der Waals surface area contributed by atoms with Crippen LogP contribution in [0.3, 0.4) is 0 Å². The number of hydrogen-bond donors (Lipinski definition) is 3. The third kappa shape index (κ3) is 11.0. The molecule has 3 amide bonds. The van der Waals surface area contributed by atoms with Crippen LogP contribution in [0.25, 0.3) is 0 Å². The Kier molecular flexibility index (Phi) is 9.72. The molecule has 12 heteroatoms. The molecule has 2 aromatic carbocycles. The van der Waals surface area contributed by atoms with Crippen LogP contribution in [0.15, 0.2) is 48.5 Å². The van der Waals surface area contributed by atoms with Crippen molar-refractivity contribution in [3.8, 4) is 0 Å². The Balaban J connectivity index is 2.17. The lowest BCUT2D eigenvalue weighted by Crippen LogP contribution is -2.47. The molecule has 0 radical (unpaired) electrons.